The van der Waals surface area contributed by atoms with Crippen LogP contribution in [0.5, 0.6) is 5.75 Å². The minimum Gasteiger partial charge on any atom is -0.476 e. The fraction of sp³-hybridized carbons (Fsp3) is 0.321. The lowest BCUT2D eigenvalue weighted by atomic mass is 9.95. The second-order valence-corrected chi connectivity index (χ2v) is 8.10. The van der Waals surface area contributed by atoms with E-state index in [1.807, 2.05) is 56.3 Å². The van der Waals surface area contributed by atoms with Gasteiger partial charge in [0.05, 0.1) is 6.61 Å². The molecule has 0 spiro atoms. The molecule has 0 aliphatic carbocycles. The van der Waals surface area contributed by atoms with Crippen molar-refractivity contribution in [1.29, 1.82) is 0 Å². The fourth-order valence-corrected chi connectivity index (χ4v) is 3.70. The summed E-state index contributed by atoms with van der Waals surface area (Å²) in [7, 11) is 0. The molecule has 0 bridgehead atoms. The summed E-state index contributed by atoms with van der Waals surface area (Å²) in [6.45, 7) is 6.12. The summed E-state index contributed by atoms with van der Waals surface area (Å²) in [5, 5.41) is 0. The first kappa shape index (κ1) is 22.6. The Morgan fingerprint density at radius 2 is 1.35 bits per heavy atom. The Morgan fingerprint density at radius 3 is 1.97 bits per heavy atom. The Hall–Kier alpha value is -3.07. The van der Waals surface area contributed by atoms with Crippen LogP contribution < -0.4 is 4.74 Å². The van der Waals surface area contributed by atoms with Crippen molar-refractivity contribution in [3.05, 3.63) is 101 Å². The summed E-state index contributed by atoms with van der Waals surface area (Å²) in [6, 6.07) is 26.7. The van der Waals surface area contributed by atoms with Crippen LogP contribution >= 0.6 is 0 Å². The second-order valence-electron chi connectivity index (χ2n) is 8.10. The molecule has 1 unspecified atom stereocenters. The van der Waals surface area contributed by atoms with Crippen LogP contribution in [0.4, 0.5) is 0 Å². The lowest BCUT2D eigenvalue weighted by Gasteiger charge is -2.29. The Bertz CT molecular complexity index is 946. The van der Waals surface area contributed by atoms with E-state index in [2.05, 4.69) is 43.3 Å². The largest absolute Gasteiger partial charge is 0.476 e. The number of esters is 1. The summed E-state index contributed by atoms with van der Waals surface area (Å²) >= 11 is 0. The van der Waals surface area contributed by atoms with Gasteiger partial charge in [0, 0.05) is 6.42 Å². The Labute approximate surface area is 186 Å². The van der Waals surface area contributed by atoms with Gasteiger partial charge in [-0.05, 0) is 61.1 Å². The van der Waals surface area contributed by atoms with E-state index >= 15 is 0 Å². The van der Waals surface area contributed by atoms with Gasteiger partial charge in [0.25, 0.3) is 0 Å². The van der Waals surface area contributed by atoms with E-state index in [1.54, 1.807) is 0 Å². The number of carbonyl (C=O) groups is 1. The molecule has 3 aromatic rings. The van der Waals surface area contributed by atoms with Gasteiger partial charge in [-0.1, -0.05) is 80.1 Å². The van der Waals surface area contributed by atoms with Crippen molar-refractivity contribution in [2.24, 2.45) is 0 Å². The summed E-state index contributed by atoms with van der Waals surface area (Å²) < 4.78 is 11.6. The molecule has 3 aromatic carbocycles. The number of aryl methyl sites for hydroxylation is 1. The molecule has 0 saturated heterocycles. The highest BCUT2D eigenvalue weighted by Crippen LogP contribution is 2.25. The Balaban J connectivity index is 1.74. The van der Waals surface area contributed by atoms with Crippen molar-refractivity contribution in [3.63, 3.8) is 0 Å². The average Bonchev–Trinajstić information content (AvgIpc) is 2.77. The maximum absolute atomic E-state index is 12.8. The highest BCUT2D eigenvalue weighted by Gasteiger charge is 2.37. The van der Waals surface area contributed by atoms with E-state index in [1.165, 1.54) is 16.7 Å². The summed E-state index contributed by atoms with van der Waals surface area (Å²) in [5.74, 6) is 0.316. The van der Waals surface area contributed by atoms with Crippen molar-refractivity contribution in [2.75, 3.05) is 6.61 Å². The zero-order valence-electron chi connectivity index (χ0n) is 18.8. The molecule has 3 nitrogen and oxygen atoms in total. The van der Waals surface area contributed by atoms with E-state index in [0.717, 1.165) is 24.8 Å². The van der Waals surface area contributed by atoms with Gasteiger partial charge < -0.3 is 9.47 Å². The summed E-state index contributed by atoms with van der Waals surface area (Å²) in [6.07, 6.45) is 3.48. The van der Waals surface area contributed by atoms with Crippen LogP contribution in [0.15, 0.2) is 78.9 Å². The van der Waals surface area contributed by atoms with Crippen molar-refractivity contribution in [3.8, 4) is 5.75 Å². The molecule has 3 rings (SSSR count). The predicted octanol–water partition coefficient (Wildman–Crippen LogP) is 6.17. The second kappa shape index (κ2) is 10.8. The van der Waals surface area contributed by atoms with Gasteiger partial charge >= 0.3 is 5.97 Å². The average molecular weight is 417 g/mol. The topological polar surface area (TPSA) is 35.5 Å². The molecule has 0 fully saturated rings. The number of benzene rings is 3. The number of hydrogen-bond donors (Lipinski definition) is 0. The van der Waals surface area contributed by atoms with Gasteiger partial charge in [-0.2, -0.15) is 0 Å². The molecule has 1 atom stereocenters. The molecule has 0 N–H and O–H groups in total. The number of ether oxygens (including phenoxy) is 2. The lowest BCUT2D eigenvalue weighted by molar-refractivity contribution is -0.160. The van der Waals surface area contributed by atoms with Crippen molar-refractivity contribution in [2.45, 2.75) is 52.1 Å². The maximum atomic E-state index is 12.8. The van der Waals surface area contributed by atoms with E-state index < -0.39 is 5.60 Å². The van der Waals surface area contributed by atoms with Gasteiger partial charge in [-0.25, -0.2) is 4.79 Å². The van der Waals surface area contributed by atoms with E-state index in [9.17, 15) is 4.79 Å². The molecule has 3 heteroatoms. The van der Waals surface area contributed by atoms with Crippen LogP contribution in [0.3, 0.4) is 0 Å². The fourth-order valence-electron chi connectivity index (χ4n) is 3.70. The van der Waals surface area contributed by atoms with Gasteiger partial charge in [0.2, 0.25) is 5.60 Å². The van der Waals surface area contributed by atoms with Crippen LogP contribution in [0.1, 0.15) is 49.4 Å². The lowest BCUT2D eigenvalue weighted by Crippen LogP contribution is -2.45. The quantitative estimate of drug-likeness (QED) is 0.371. The van der Waals surface area contributed by atoms with Crippen LogP contribution in [-0.2, 0) is 28.8 Å². The zero-order chi connectivity index (χ0) is 22.1. The zero-order valence-corrected chi connectivity index (χ0v) is 18.8. The van der Waals surface area contributed by atoms with Gasteiger partial charge in [0.1, 0.15) is 5.75 Å². The minimum absolute atomic E-state index is 0.323. The van der Waals surface area contributed by atoms with Crippen LogP contribution in [0.25, 0.3) is 0 Å². The molecule has 162 valence electrons. The van der Waals surface area contributed by atoms with Crippen LogP contribution in [-0.4, -0.2) is 18.2 Å². The normalized spacial score (nSPS) is 12.7. The van der Waals surface area contributed by atoms with Crippen LogP contribution in [0.2, 0.25) is 0 Å². The molecule has 0 heterocycles. The van der Waals surface area contributed by atoms with Gasteiger partial charge in [-0.15, -0.1) is 0 Å². The van der Waals surface area contributed by atoms with E-state index in [4.69, 9.17) is 9.47 Å². The van der Waals surface area contributed by atoms with E-state index in [0.29, 0.717) is 18.8 Å². The molecule has 0 aliphatic rings. The number of carbonyl (C=O) groups excluding carboxylic acids is 1. The van der Waals surface area contributed by atoms with Crippen LogP contribution in [0, 0.1) is 0 Å². The maximum Gasteiger partial charge on any atom is 0.350 e. The molecule has 0 saturated carbocycles. The van der Waals surface area contributed by atoms with Crippen molar-refractivity contribution >= 4 is 5.97 Å². The molecule has 0 aliphatic heterocycles. The third kappa shape index (κ3) is 6.45. The predicted molar refractivity (Wildman–Crippen MR) is 125 cm³/mol. The van der Waals surface area contributed by atoms with Crippen molar-refractivity contribution in [1.82, 2.24) is 0 Å². The minimum atomic E-state index is -1.09. The Morgan fingerprint density at radius 1 is 0.774 bits per heavy atom. The first-order valence-electron chi connectivity index (χ1n) is 11.1. The molecular formula is C28H32O3. The third-order valence-electron chi connectivity index (χ3n) is 5.33. The first-order chi connectivity index (χ1) is 15.0. The molecular weight excluding hydrogens is 384 g/mol. The molecule has 0 amide bonds. The van der Waals surface area contributed by atoms with Crippen molar-refractivity contribution < 1.29 is 14.3 Å². The third-order valence-corrected chi connectivity index (χ3v) is 5.33. The molecule has 0 radical (unpaired) electrons. The monoisotopic (exact) mass is 416 g/mol. The summed E-state index contributed by atoms with van der Waals surface area (Å²) in [5.41, 5.74) is 3.72. The molecule has 0 aromatic heterocycles. The Kier molecular flexibility index (Phi) is 7.88. The van der Waals surface area contributed by atoms with Gasteiger partial charge in [0.15, 0.2) is 0 Å². The first-order valence-corrected chi connectivity index (χ1v) is 11.1. The summed E-state index contributed by atoms with van der Waals surface area (Å²) in [4.78, 5) is 12.8. The molecule has 31 heavy (non-hydrogen) atoms. The highest BCUT2D eigenvalue weighted by atomic mass is 16.6. The van der Waals surface area contributed by atoms with Gasteiger partial charge in [-0.3, -0.25) is 0 Å². The standard InChI is InChI=1S/C28H32O3/c1-4-9-22-12-14-25(15-13-22)21-28(3,27(29)30-5-2)31-26-18-16-24(17-19-26)20-23-10-7-6-8-11-23/h6-8,10-19H,4-5,9,20-21H2,1-3H3. The SMILES string of the molecule is CCCc1ccc(CC(C)(Oc2ccc(Cc3ccccc3)cc2)C(=O)OCC)cc1. The number of hydrogen-bond acceptors (Lipinski definition) is 3. The van der Waals surface area contributed by atoms with E-state index in [-0.39, 0.29) is 5.97 Å². The number of rotatable bonds is 10. The smallest absolute Gasteiger partial charge is 0.350 e. The highest BCUT2D eigenvalue weighted by molar-refractivity contribution is 5.80.